The third-order valence-corrected chi connectivity index (χ3v) is 2.92. The van der Waals surface area contributed by atoms with E-state index in [-0.39, 0.29) is 11.9 Å². The summed E-state index contributed by atoms with van der Waals surface area (Å²) in [4.78, 5) is 11.8. The molecule has 16 heavy (non-hydrogen) atoms. The molecule has 0 aliphatic heterocycles. The minimum absolute atomic E-state index is 0.0417. The van der Waals surface area contributed by atoms with Gasteiger partial charge in [-0.2, -0.15) is 0 Å². The molecule has 1 amide bonds. The molecule has 1 atom stereocenters. The van der Waals surface area contributed by atoms with E-state index in [4.69, 9.17) is 11.6 Å². The van der Waals surface area contributed by atoms with E-state index in [0.717, 1.165) is 0 Å². The second-order valence-electron chi connectivity index (χ2n) is 4.13. The van der Waals surface area contributed by atoms with E-state index in [0.29, 0.717) is 16.8 Å². The molecule has 86 valence electrons. The quantitative estimate of drug-likeness (QED) is 0.846. The molecule has 3 nitrogen and oxygen atoms in total. The highest BCUT2D eigenvalue weighted by Gasteiger charge is 2.25. The lowest BCUT2D eigenvalue weighted by atomic mass is 10.2. The Labute approximate surface area is 100 Å². The summed E-state index contributed by atoms with van der Waals surface area (Å²) in [5.74, 6) is -0.0417. The normalized spacial score (nSPS) is 16.9. The van der Waals surface area contributed by atoms with Crippen LogP contribution in [0.15, 0.2) is 24.3 Å². The van der Waals surface area contributed by atoms with Crippen molar-refractivity contribution in [2.45, 2.75) is 31.8 Å². The van der Waals surface area contributed by atoms with Crippen LogP contribution in [-0.4, -0.2) is 18.0 Å². The molecule has 1 unspecified atom stereocenters. The Hall–Kier alpha value is -1.06. The second kappa shape index (κ2) is 4.85. The summed E-state index contributed by atoms with van der Waals surface area (Å²) in [7, 11) is 0. The Bertz CT molecular complexity index is 390. The molecule has 1 saturated carbocycles. The molecule has 1 aromatic carbocycles. The third-order valence-electron chi connectivity index (χ3n) is 2.59. The lowest BCUT2D eigenvalue weighted by Crippen LogP contribution is -2.39. The summed E-state index contributed by atoms with van der Waals surface area (Å²) in [5.41, 5.74) is 0.665. The van der Waals surface area contributed by atoms with Gasteiger partial charge in [0.2, 0.25) is 5.91 Å². The highest BCUT2D eigenvalue weighted by molar-refractivity contribution is 6.33. The van der Waals surface area contributed by atoms with Crippen molar-refractivity contribution in [2.75, 3.05) is 5.32 Å². The van der Waals surface area contributed by atoms with Crippen LogP contribution in [0.3, 0.4) is 0 Å². The average molecular weight is 239 g/mol. The fraction of sp³-hybridized carbons (Fsp3) is 0.417. The maximum absolute atomic E-state index is 11.8. The van der Waals surface area contributed by atoms with E-state index in [1.165, 1.54) is 12.8 Å². The molecule has 0 aromatic heterocycles. The number of benzene rings is 1. The lowest BCUT2D eigenvalue weighted by Gasteiger charge is -2.14. The van der Waals surface area contributed by atoms with Crippen molar-refractivity contribution in [1.29, 1.82) is 0 Å². The monoisotopic (exact) mass is 238 g/mol. The van der Waals surface area contributed by atoms with Crippen LogP contribution in [0.25, 0.3) is 0 Å². The van der Waals surface area contributed by atoms with Crippen molar-refractivity contribution >= 4 is 23.2 Å². The minimum Gasteiger partial charge on any atom is -0.323 e. The number of rotatable bonds is 4. The maximum Gasteiger partial charge on any atom is 0.241 e. The Morgan fingerprint density at radius 3 is 2.75 bits per heavy atom. The van der Waals surface area contributed by atoms with Gasteiger partial charge < -0.3 is 10.6 Å². The average Bonchev–Trinajstić information content (AvgIpc) is 3.05. The Morgan fingerprint density at radius 2 is 2.12 bits per heavy atom. The zero-order valence-corrected chi connectivity index (χ0v) is 9.92. The third kappa shape index (κ3) is 2.97. The van der Waals surface area contributed by atoms with Gasteiger partial charge in [-0.1, -0.05) is 23.7 Å². The number of nitrogens with one attached hydrogen (secondary N) is 2. The highest BCUT2D eigenvalue weighted by Crippen LogP contribution is 2.22. The van der Waals surface area contributed by atoms with Crippen molar-refractivity contribution < 1.29 is 4.79 Å². The first-order valence-electron chi connectivity index (χ1n) is 5.48. The Kier molecular flexibility index (Phi) is 3.46. The number of hydrogen-bond donors (Lipinski definition) is 2. The zero-order valence-electron chi connectivity index (χ0n) is 9.16. The predicted octanol–water partition coefficient (Wildman–Crippen LogP) is 2.42. The molecule has 0 bridgehead atoms. The van der Waals surface area contributed by atoms with Gasteiger partial charge >= 0.3 is 0 Å². The first-order chi connectivity index (χ1) is 7.66. The molecule has 1 aliphatic carbocycles. The van der Waals surface area contributed by atoms with Crippen LogP contribution in [0, 0.1) is 0 Å². The maximum atomic E-state index is 11.8. The van der Waals surface area contributed by atoms with E-state index < -0.39 is 0 Å². The zero-order chi connectivity index (χ0) is 11.5. The Balaban J connectivity index is 1.93. The van der Waals surface area contributed by atoms with E-state index in [2.05, 4.69) is 10.6 Å². The number of halogens is 1. The van der Waals surface area contributed by atoms with Crippen LogP contribution < -0.4 is 10.6 Å². The first kappa shape index (κ1) is 11.4. The molecule has 0 spiro atoms. The van der Waals surface area contributed by atoms with Gasteiger partial charge in [-0.25, -0.2) is 0 Å². The molecule has 1 fully saturated rings. The highest BCUT2D eigenvalue weighted by atomic mass is 35.5. The van der Waals surface area contributed by atoms with Crippen molar-refractivity contribution in [3.05, 3.63) is 29.3 Å². The van der Waals surface area contributed by atoms with Crippen LogP contribution in [0.2, 0.25) is 5.02 Å². The summed E-state index contributed by atoms with van der Waals surface area (Å²) < 4.78 is 0. The van der Waals surface area contributed by atoms with Gasteiger partial charge in [0.05, 0.1) is 16.8 Å². The molecule has 1 aromatic rings. The Morgan fingerprint density at radius 1 is 1.44 bits per heavy atom. The van der Waals surface area contributed by atoms with E-state index in [9.17, 15) is 4.79 Å². The van der Waals surface area contributed by atoms with Crippen molar-refractivity contribution in [2.24, 2.45) is 0 Å². The van der Waals surface area contributed by atoms with Crippen molar-refractivity contribution in [3.8, 4) is 0 Å². The molecular formula is C12H15ClN2O. The molecule has 2 N–H and O–H groups in total. The van der Waals surface area contributed by atoms with Gasteiger partial charge in [-0.3, -0.25) is 4.79 Å². The van der Waals surface area contributed by atoms with Gasteiger partial charge in [-0.05, 0) is 31.9 Å². The van der Waals surface area contributed by atoms with Gasteiger partial charge in [0.15, 0.2) is 0 Å². The summed E-state index contributed by atoms with van der Waals surface area (Å²) in [5, 5.41) is 6.61. The summed E-state index contributed by atoms with van der Waals surface area (Å²) in [6.07, 6.45) is 2.34. The molecule has 0 saturated heterocycles. The molecule has 4 heteroatoms. The summed E-state index contributed by atoms with van der Waals surface area (Å²) in [6, 6.07) is 7.58. The number of carbonyl (C=O) groups is 1. The lowest BCUT2D eigenvalue weighted by molar-refractivity contribution is -0.117. The van der Waals surface area contributed by atoms with Gasteiger partial charge in [0, 0.05) is 6.04 Å². The molecule has 1 aliphatic rings. The fourth-order valence-corrected chi connectivity index (χ4v) is 1.67. The predicted molar refractivity (Wildman–Crippen MR) is 65.7 cm³/mol. The molecule has 2 rings (SSSR count). The number of para-hydroxylation sites is 1. The minimum atomic E-state index is -0.177. The summed E-state index contributed by atoms with van der Waals surface area (Å²) >= 11 is 5.96. The number of amides is 1. The van der Waals surface area contributed by atoms with Crippen LogP contribution in [-0.2, 0) is 4.79 Å². The molecule has 0 radical (unpaired) electrons. The number of hydrogen-bond acceptors (Lipinski definition) is 2. The smallest absolute Gasteiger partial charge is 0.241 e. The van der Waals surface area contributed by atoms with Gasteiger partial charge in [0.25, 0.3) is 0 Å². The number of carbonyl (C=O) groups excluding carboxylic acids is 1. The number of anilines is 1. The molecule has 0 heterocycles. The van der Waals surface area contributed by atoms with Crippen molar-refractivity contribution in [3.63, 3.8) is 0 Å². The van der Waals surface area contributed by atoms with Crippen LogP contribution >= 0.6 is 11.6 Å². The standard InChI is InChI=1S/C12H15ClN2O/c1-8(14-9-6-7-9)12(16)15-11-5-3-2-4-10(11)13/h2-5,8-9,14H,6-7H2,1H3,(H,15,16). The van der Waals surface area contributed by atoms with Crippen molar-refractivity contribution in [1.82, 2.24) is 5.32 Å². The second-order valence-corrected chi connectivity index (χ2v) is 4.54. The van der Waals surface area contributed by atoms with E-state index in [1.807, 2.05) is 19.1 Å². The van der Waals surface area contributed by atoms with Crippen LogP contribution in [0.5, 0.6) is 0 Å². The van der Waals surface area contributed by atoms with E-state index >= 15 is 0 Å². The SMILES string of the molecule is CC(NC1CC1)C(=O)Nc1ccccc1Cl. The first-order valence-corrected chi connectivity index (χ1v) is 5.86. The van der Waals surface area contributed by atoms with Crippen LogP contribution in [0.1, 0.15) is 19.8 Å². The molecular weight excluding hydrogens is 224 g/mol. The largest absolute Gasteiger partial charge is 0.323 e. The van der Waals surface area contributed by atoms with Gasteiger partial charge in [-0.15, -0.1) is 0 Å². The topological polar surface area (TPSA) is 41.1 Å². The van der Waals surface area contributed by atoms with Gasteiger partial charge in [0.1, 0.15) is 0 Å². The summed E-state index contributed by atoms with van der Waals surface area (Å²) in [6.45, 7) is 1.87. The van der Waals surface area contributed by atoms with E-state index in [1.54, 1.807) is 12.1 Å². The van der Waals surface area contributed by atoms with Crippen LogP contribution in [0.4, 0.5) is 5.69 Å². The fourth-order valence-electron chi connectivity index (χ4n) is 1.48.